The summed E-state index contributed by atoms with van der Waals surface area (Å²) in [4.78, 5) is 8.60. The molecule has 0 aliphatic rings. The standard InChI is InChI=1S/C20H17N3O/c1-12-18-10-17(8-9-19(18)22-11-21-12)15-4-6-16(7-5-15)20-13(2)23-24-14(20)3/h4-11H,1-3H3. The van der Waals surface area contributed by atoms with Gasteiger partial charge < -0.3 is 4.52 Å². The van der Waals surface area contributed by atoms with E-state index in [4.69, 9.17) is 4.52 Å². The van der Waals surface area contributed by atoms with E-state index in [0.717, 1.165) is 50.3 Å². The van der Waals surface area contributed by atoms with Crippen LogP contribution in [-0.2, 0) is 0 Å². The Bertz CT molecular complexity index is 1010. The molecule has 0 amide bonds. The zero-order chi connectivity index (χ0) is 16.7. The monoisotopic (exact) mass is 315 g/mol. The van der Waals surface area contributed by atoms with Crippen LogP contribution in [0.3, 0.4) is 0 Å². The third-order valence-electron chi connectivity index (χ3n) is 4.37. The van der Waals surface area contributed by atoms with Gasteiger partial charge in [0.1, 0.15) is 12.1 Å². The first-order valence-corrected chi connectivity index (χ1v) is 7.88. The van der Waals surface area contributed by atoms with Crippen LogP contribution in [0.25, 0.3) is 33.2 Å². The quantitative estimate of drug-likeness (QED) is 0.529. The summed E-state index contributed by atoms with van der Waals surface area (Å²) in [6.45, 7) is 5.91. The van der Waals surface area contributed by atoms with Crippen LogP contribution in [0.4, 0.5) is 0 Å². The summed E-state index contributed by atoms with van der Waals surface area (Å²) in [5.41, 5.74) is 7.40. The van der Waals surface area contributed by atoms with Gasteiger partial charge in [-0.3, -0.25) is 0 Å². The average Bonchev–Trinajstić information content (AvgIpc) is 2.94. The van der Waals surface area contributed by atoms with Crippen molar-refractivity contribution in [2.75, 3.05) is 0 Å². The minimum atomic E-state index is 0.846. The number of benzene rings is 2. The van der Waals surface area contributed by atoms with Gasteiger partial charge in [0.05, 0.1) is 11.2 Å². The second kappa shape index (κ2) is 5.57. The Kier molecular flexibility index (Phi) is 3.38. The van der Waals surface area contributed by atoms with E-state index in [1.165, 1.54) is 0 Å². The minimum absolute atomic E-state index is 0.846. The molecule has 2 aromatic heterocycles. The Labute approximate surface area is 140 Å². The van der Waals surface area contributed by atoms with Crippen LogP contribution in [0.1, 0.15) is 17.1 Å². The van der Waals surface area contributed by atoms with Crippen molar-refractivity contribution in [3.8, 4) is 22.3 Å². The van der Waals surface area contributed by atoms with E-state index >= 15 is 0 Å². The Morgan fingerprint density at radius 1 is 0.750 bits per heavy atom. The predicted octanol–water partition coefficient (Wildman–Crippen LogP) is 4.88. The van der Waals surface area contributed by atoms with E-state index in [1.54, 1.807) is 6.33 Å². The minimum Gasteiger partial charge on any atom is -0.361 e. The molecule has 0 saturated carbocycles. The highest BCUT2D eigenvalue weighted by Gasteiger charge is 2.11. The number of aryl methyl sites for hydroxylation is 3. The molecule has 4 rings (SSSR count). The maximum atomic E-state index is 5.26. The number of hydrogen-bond donors (Lipinski definition) is 0. The van der Waals surface area contributed by atoms with Gasteiger partial charge in [-0.25, -0.2) is 9.97 Å². The number of hydrogen-bond acceptors (Lipinski definition) is 4. The van der Waals surface area contributed by atoms with E-state index in [9.17, 15) is 0 Å². The van der Waals surface area contributed by atoms with Crippen LogP contribution < -0.4 is 0 Å². The normalized spacial score (nSPS) is 11.1. The van der Waals surface area contributed by atoms with Gasteiger partial charge in [-0.05, 0) is 49.6 Å². The molecule has 4 heteroatoms. The molecule has 4 nitrogen and oxygen atoms in total. The molecular weight excluding hydrogens is 298 g/mol. The van der Waals surface area contributed by atoms with Crippen molar-refractivity contribution in [1.82, 2.24) is 15.1 Å². The molecule has 0 saturated heterocycles. The van der Waals surface area contributed by atoms with E-state index < -0.39 is 0 Å². The van der Waals surface area contributed by atoms with E-state index in [0.29, 0.717) is 0 Å². The maximum absolute atomic E-state index is 5.26. The van der Waals surface area contributed by atoms with Crippen molar-refractivity contribution in [2.24, 2.45) is 0 Å². The number of aromatic nitrogens is 3. The molecule has 2 heterocycles. The highest BCUT2D eigenvalue weighted by Crippen LogP contribution is 2.30. The lowest BCUT2D eigenvalue weighted by atomic mass is 9.98. The summed E-state index contributed by atoms with van der Waals surface area (Å²) in [6.07, 6.45) is 1.61. The zero-order valence-corrected chi connectivity index (χ0v) is 13.9. The first-order valence-electron chi connectivity index (χ1n) is 7.88. The molecule has 24 heavy (non-hydrogen) atoms. The van der Waals surface area contributed by atoms with Crippen LogP contribution in [0.5, 0.6) is 0 Å². The smallest absolute Gasteiger partial charge is 0.141 e. The fourth-order valence-corrected chi connectivity index (χ4v) is 3.09. The van der Waals surface area contributed by atoms with Crippen molar-refractivity contribution in [2.45, 2.75) is 20.8 Å². The summed E-state index contributed by atoms with van der Waals surface area (Å²) in [5, 5.41) is 5.12. The van der Waals surface area contributed by atoms with Crippen molar-refractivity contribution in [1.29, 1.82) is 0 Å². The molecular formula is C20H17N3O. The summed E-state index contributed by atoms with van der Waals surface area (Å²) in [7, 11) is 0. The van der Waals surface area contributed by atoms with E-state index in [2.05, 4.69) is 51.5 Å². The first-order chi connectivity index (χ1) is 11.6. The fourth-order valence-electron chi connectivity index (χ4n) is 3.09. The topological polar surface area (TPSA) is 51.8 Å². The van der Waals surface area contributed by atoms with Gasteiger partial charge in [0.25, 0.3) is 0 Å². The van der Waals surface area contributed by atoms with Crippen LogP contribution in [0, 0.1) is 20.8 Å². The molecule has 2 aromatic carbocycles. The number of rotatable bonds is 2. The molecule has 0 atom stereocenters. The van der Waals surface area contributed by atoms with Gasteiger partial charge in [0.15, 0.2) is 0 Å². The SMILES string of the molecule is Cc1noc(C)c1-c1ccc(-c2ccc3ncnc(C)c3c2)cc1. The largest absolute Gasteiger partial charge is 0.361 e. The van der Waals surface area contributed by atoms with Gasteiger partial charge in [-0.1, -0.05) is 35.5 Å². The Balaban J connectivity index is 1.77. The Hall–Kier alpha value is -3.01. The predicted molar refractivity (Wildman–Crippen MR) is 94.7 cm³/mol. The maximum Gasteiger partial charge on any atom is 0.141 e. The third-order valence-corrected chi connectivity index (χ3v) is 4.37. The van der Waals surface area contributed by atoms with Crippen molar-refractivity contribution >= 4 is 10.9 Å². The van der Waals surface area contributed by atoms with Crippen molar-refractivity contribution < 1.29 is 4.52 Å². The highest BCUT2D eigenvalue weighted by molar-refractivity contribution is 5.86. The second-order valence-corrected chi connectivity index (χ2v) is 5.97. The van der Waals surface area contributed by atoms with E-state index in [-0.39, 0.29) is 0 Å². The molecule has 0 aliphatic heterocycles. The van der Waals surface area contributed by atoms with Crippen molar-refractivity contribution in [3.05, 3.63) is 65.9 Å². The van der Waals surface area contributed by atoms with Crippen LogP contribution in [-0.4, -0.2) is 15.1 Å². The lowest BCUT2D eigenvalue weighted by Crippen LogP contribution is -1.88. The average molecular weight is 315 g/mol. The number of fused-ring (bicyclic) bond motifs is 1. The second-order valence-electron chi connectivity index (χ2n) is 5.97. The lowest BCUT2D eigenvalue weighted by molar-refractivity contribution is 0.393. The number of nitrogens with zero attached hydrogens (tertiary/aromatic N) is 3. The summed E-state index contributed by atoms with van der Waals surface area (Å²) in [5.74, 6) is 0.846. The molecule has 0 aliphatic carbocycles. The molecule has 0 spiro atoms. The summed E-state index contributed by atoms with van der Waals surface area (Å²) < 4.78 is 5.26. The lowest BCUT2D eigenvalue weighted by Gasteiger charge is -2.07. The summed E-state index contributed by atoms with van der Waals surface area (Å²) >= 11 is 0. The fraction of sp³-hybridized carbons (Fsp3) is 0.150. The molecule has 0 N–H and O–H groups in total. The van der Waals surface area contributed by atoms with Gasteiger partial charge in [-0.2, -0.15) is 0 Å². The molecule has 0 fully saturated rings. The molecule has 0 radical (unpaired) electrons. The van der Waals surface area contributed by atoms with Gasteiger partial charge >= 0.3 is 0 Å². The zero-order valence-electron chi connectivity index (χ0n) is 13.9. The summed E-state index contributed by atoms with van der Waals surface area (Å²) in [6, 6.07) is 14.8. The molecule has 118 valence electrons. The molecule has 4 aromatic rings. The molecule has 0 unspecified atom stereocenters. The van der Waals surface area contributed by atoms with E-state index in [1.807, 2.05) is 26.8 Å². The van der Waals surface area contributed by atoms with Gasteiger partial charge in [-0.15, -0.1) is 0 Å². The van der Waals surface area contributed by atoms with Crippen LogP contribution in [0.15, 0.2) is 53.3 Å². The third kappa shape index (κ3) is 2.36. The first kappa shape index (κ1) is 14.6. The van der Waals surface area contributed by atoms with Crippen molar-refractivity contribution in [3.63, 3.8) is 0 Å². The molecule has 0 bridgehead atoms. The Morgan fingerprint density at radius 2 is 1.46 bits per heavy atom. The Morgan fingerprint density at radius 3 is 2.17 bits per heavy atom. The van der Waals surface area contributed by atoms with Gasteiger partial charge in [0.2, 0.25) is 0 Å². The van der Waals surface area contributed by atoms with Crippen LogP contribution in [0.2, 0.25) is 0 Å². The van der Waals surface area contributed by atoms with Gasteiger partial charge in [0, 0.05) is 16.6 Å². The highest BCUT2D eigenvalue weighted by atomic mass is 16.5. The van der Waals surface area contributed by atoms with Crippen LogP contribution >= 0.6 is 0 Å².